The number of methoxy groups -OCH3 is 2. The van der Waals surface area contributed by atoms with Gasteiger partial charge in [0.1, 0.15) is 12.9 Å². The van der Waals surface area contributed by atoms with Crippen LogP contribution in [0, 0.1) is 0 Å². The van der Waals surface area contributed by atoms with Crippen molar-refractivity contribution in [3.8, 4) is 0 Å². The van der Waals surface area contributed by atoms with Gasteiger partial charge in [-0.25, -0.2) is 4.79 Å². The van der Waals surface area contributed by atoms with Crippen LogP contribution in [-0.4, -0.2) is 45.3 Å². The summed E-state index contributed by atoms with van der Waals surface area (Å²) in [5.74, 6) is -0.510. The minimum Gasteiger partial charge on any atom is -0.454 e. The quantitative estimate of drug-likeness (QED) is 0.267. The van der Waals surface area contributed by atoms with Gasteiger partial charge in [-0.3, -0.25) is 0 Å². The average molecular weight is 429 g/mol. The van der Waals surface area contributed by atoms with Gasteiger partial charge in [-0.2, -0.15) is 0 Å². The third-order valence-corrected chi connectivity index (χ3v) is 4.71. The lowest BCUT2D eigenvalue weighted by molar-refractivity contribution is -0.186. The Morgan fingerprint density at radius 3 is 2.19 bits per heavy atom. The molecule has 2 aromatic rings. The lowest BCUT2D eigenvalue weighted by Gasteiger charge is -2.31. The molecule has 168 valence electrons. The van der Waals surface area contributed by atoms with Crippen molar-refractivity contribution in [1.82, 2.24) is 0 Å². The molecule has 0 saturated carbocycles. The first-order valence-electron chi connectivity index (χ1n) is 10.3. The van der Waals surface area contributed by atoms with E-state index < -0.39 is 30.4 Å². The van der Waals surface area contributed by atoms with Crippen molar-refractivity contribution in [1.29, 1.82) is 0 Å². The van der Waals surface area contributed by atoms with E-state index in [4.69, 9.17) is 23.7 Å². The van der Waals surface area contributed by atoms with E-state index in [2.05, 4.69) is 0 Å². The van der Waals surface area contributed by atoms with Gasteiger partial charge in [0.05, 0.1) is 12.7 Å². The summed E-state index contributed by atoms with van der Waals surface area (Å²) in [6.07, 6.45) is 1.12. The van der Waals surface area contributed by atoms with Crippen LogP contribution in [-0.2, 0) is 35.1 Å². The summed E-state index contributed by atoms with van der Waals surface area (Å²) in [5.41, 5.74) is 1.74. The van der Waals surface area contributed by atoms with Gasteiger partial charge in [-0.05, 0) is 25.0 Å². The molecular formula is C25H32O6. The average Bonchev–Trinajstić information content (AvgIpc) is 2.80. The molecule has 0 bridgehead atoms. The highest BCUT2D eigenvalue weighted by molar-refractivity contribution is 5.76. The SMILES string of the molecule is C/C=C/[C@@H](OCOC)[C@@H](OC(=O)[C@@H](OC)c1ccccc1)[C@H](C)OCc1ccccc1. The Labute approximate surface area is 184 Å². The molecule has 0 saturated heterocycles. The molecule has 0 radical (unpaired) electrons. The van der Waals surface area contributed by atoms with Crippen LogP contribution in [0.2, 0.25) is 0 Å². The number of carbonyl (C=O) groups is 1. The third-order valence-electron chi connectivity index (χ3n) is 4.71. The molecule has 2 rings (SSSR count). The molecule has 0 aromatic heterocycles. The first-order chi connectivity index (χ1) is 15.1. The number of carbonyl (C=O) groups excluding carboxylic acids is 1. The maximum atomic E-state index is 13.0. The Balaban J connectivity index is 2.19. The summed E-state index contributed by atoms with van der Waals surface area (Å²) >= 11 is 0. The Morgan fingerprint density at radius 2 is 1.61 bits per heavy atom. The second-order valence-corrected chi connectivity index (χ2v) is 6.99. The Bertz CT molecular complexity index is 777. The van der Waals surface area contributed by atoms with E-state index >= 15 is 0 Å². The maximum absolute atomic E-state index is 13.0. The van der Waals surface area contributed by atoms with Crippen molar-refractivity contribution in [2.45, 2.75) is 44.9 Å². The summed E-state index contributed by atoms with van der Waals surface area (Å²) in [6.45, 7) is 4.17. The molecule has 2 aromatic carbocycles. The van der Waals surface area contributed by atoms with Gasteiger partial charge >= 0.3 is 5.97 Å². The number of ether oxygens (including phenoxy) is 5. The number of esters is 1. The number of benzene rings is 2. The van der Waals surface area contributed by atoms with Crippen LogP contribution in [0.25, 0.3) is 0 Å². The zero-order valence-corrected chi connectivity index (χ0v) is 18.6. The molecule has 0 amide bonds. The van der Waals surface area contributed by atoms with Crippen molar-refractivity contribution in [3.63, 3.8) is 0 Å². The van der Waals surface area contributed by atoms with Gasteiger partial charge in [-0.1, -0.05) is 72.8 Å². The van der Waals surface area contributed by atoms with Crippen LogP contribution in [0.4, 0.5) is 0 Å². The van der Waals surface area contributed by atoms with E-state index in [1.165, 1.54) is 7.11 Å². The van der Waals surface area contributed by atoms with Crippen molar-refractivity contribution < 1.29 is 28.5 Å². The number of allylic oxidation sites excluding steroid dienone is 1. The van der Waals surface area contributed by atoms with Crippen LogP contribution < -0.4 is 0 Å². The summed E-state index contributed by atoms with van der Waals surface area (Å²) in [4.78, 5) is 13.0. The van der Waals surface area contributed by atoms with Crippen molar-refractivity contribution >= 4 is 5.97 Å². The highest BCUT2D eigenvalue weighted by Crippen LogP contribution is 2.22. The highest BCUT2D eigenvalue weighted by atomic mass is 16.7. The molecule has 0 heterocycles. The monoisotopic (exact) mass is 428 g/mol. The lowest BCUT2D eigenvalue weighted by Crippen LogP contribution is -2.43. The molecule has 6 nitrogen and oxygen atoms in total. The lowest BCUT2D eigenvalue weighted by atomic mass is 10.1. The Kier molecular flexibility index (Phi) is 11.0. The fourth-order valence-electron chi connectivity index (χ4n) is 3.12. The van der Waals surface area contributed by atoms with E-state index in [-0.39, 0.29) is 6.79 Å². The van der Waals surface area contributed by atoms with E-state index in [1.54, 1.807) is 7.11 Å². The molecule has 0 fully saturated rings. The largest absolute Gasteiger partial charge is 0.454 e. The van der Waals surface area contributed by atoms with Crippen molar-refractivity contribution in [3.05, 3.63) is 83.9 Å². The molecule has 0 spiro atoms. The molecule has 0 aliphatic rings. The predicted molar refractivity (Wildman–Crippen MR) is 118 cm³/mol. The molecule has 4 atom stereocenters. The molecule has 0 N–H and O–H groups in total. The van der Waals surface area contributed by atoms with E-state index in [0.29, 0.717) is 12.2 Å². The number of hydrogen-bond acceptors (Lipinski definition) is 6. The van der Waals surface area contributed by atoms with Gasteiger partial charge in [0.25, 0.3) is 0 Å². The third kappa shape index (κ3) is 7.92. The van der Waals surface area contributed by atoms with Crippen LogP contribution >= 0.6 is 0 Å². The van der Waals surface area contributed by atoms with Gasteiger partial charge in [0.2, 0.25) is 0 Å². The first kappa shape index (κ1) is 24.8. The van der Waals surface area contributed by atoms with Crippen molar-refractivity contribution in [2.24, 2.45) is 0 Å². The number of hydrogen-bond donors (Lipinski definition) is 0. The predicted octanol–water partition coefficient (Wildman–Crippen LogP) is 4.46. The molecule has 6 heteroatoms. The second-order valence-electron chi connectivity index (χ2n) is 6.99. The zero-order valence-electron chi connectivity index (χ0n) is 18.6. The smallest absolute Gasteiger partial charge is 0.340 e. The van der Waals surface area contributed by atoms with Crippen LogP contribution in [0.1, 0.15) is 31.1 Å². The fourth-order valence-corrected chi connectivity index (χ4v) is 3.12. The van der Waals surface area contributed by atoms with Gasteiger partial charge in [-0.15, -0.1) is 0 Å². The summed E-state index contributed by atoms with van der Waals surface area (Å²) < 4.78 is 28.2. The van der Waals surface area contributed by atoms with Crippen molar-refractivity contribution in [2.75, 3.05) is 21.0 Å². The van der Waals surface area contributed by atoms with E-state index in [0.717, 1.165) is 5.56 Å². The number of rotatable bonds is 13. The normalized spacial score (nSPS) is 15.4. The van der Waals surface area contributed by atoms with E-state index in [9.17, 15) is 4.79 Å². The molecule has 0 aliphatic heterocycles. The molecular weight excluding hydrogens is 396 g/mol. The van der Waals surface area contributed by atoms with Crippen LogP contribution in [0.15, 0.2) is 72.8 Å². The summed E-state index contributed by atoms with van der Waals surface area (Å²) in [5, 5.41) is 0. The van der Waals surface area contributed by atoms with Gasteiger partial charge < -0.3 is 23.7 Å². The van der Waals surface area contributed by atoms with E-state index in [1.807, 2.05) is 86.7 Å². The minimum absolute atomic E-state index is 0.0564. The topological polar surface area (TPSA) is 63.2 Å². The summed E-state index contributed by atoms with van der Waals surface area (Å²) in [7, 11) is 3.02. The molecule has 0 unspecified atom stereocenters. The summed E-state index contributed by atoms with van der Waals surface area (Å²) in [6, 6.07) is 19.0. The first-order valence-corrected chi connectivity index (χ1v) is 10.3. The van der Waals surface area contributed by atoms with Crippen LogP contribution in [0.5, 0.6) is 0 Å². The maximum Gasteiger partial charge on any atom is 0.340 e. The standard InChI is InChI=1S/C25H32O6/c1-5-12-22(30-18-27-3)23(19(2)29-17-20-13-8-6-9-14-20)31-25(26)24(28-4)21-15-10-7-11-16-21/h5-16,19,22-24H,17-18H2,1-4H3/b12-5+/t19-,22+,23-,24-/m0/s1. The highest BCUT2D eigenvalue weighted by Gasteiger charge is 2.33. The molecule has 0 aliphatic carbocycles. The second kappa shape index (κ2) is 13.7. The fraction of sp³-hybridized carbons (Fsp3) is 0.400. The zero-order chi connectivity index (χ0) is 22.5. The Morgan fingerprint density at radius 1 is 0.968 bits per heavy atom. The Hall–Kier alpha value is -2.51. The molecule has 31 heavy (non-hydrogen) atoms. The van der Waals surface area contributed by atoms with Crippen LogP contribution in [0.3, 0.4) is 0 Å². The van der Waals surface area contributed by atoms with Gasteiger partial charge in [0, 0.05) is 14.2 Å². The minimum atomic E-state index is -0.848. The van der Waals surface area contributed by atoms with Gasteiger partial charge in [0.15, 0.2) is 12.2 Å².